The molecule has 15 heteroatoms. The van der Waals surface area contributed by atoms with Crippen molar-refractivity contribution in [1.29, 1.82) is 0 Å². The topological polar surface area (TPSA) is 231 Å². The van der Waals surface area contributed by atoms with Crippen LogP contribution in [0.4, 0.5) is 0 Å². The second kappa shape index (κ2) is 46.3. The van der Waals surface area contributed by atoms with Crippen molar-refractivity contribution in [1.82, 2.24) is 0 Å². The van der Waals surface area contributed by atoms with Crippen LogP contribution in [0.5, 0.6) is 0 Å². The van der Waals surface area contributed by atoms with Crippen LogP contribution in [0.3, 0.4) is 0 Å². The van der Waals surface area contributed by atoms with E-state index >= 15 is 0 Å². The van der Waals surface area contributed by atoms with Gasteiger partial charge in [-0.3, -0.25) is 9.59 Å². The zero-order valence-corrected chi connectivity index (χ0v) is 46.2. The average Bonchev–Trinajstić information content (AvgIpc) is 3.41. The predicted octanol–water partition coefficient (Wildman–Crippen LogP) is 9.71. The molecule has 2 aliphatic rings. The molecule has 0 amide bonds. The first-order valence-electron chi connectivity index (χ1n) is 28.8. The molecule has 0 aromatic carbocycles. The highest BCUT2D eigenvalue weighted by molar-refractivity contribution is 5.70. The van der Waals surface area contributed by atoms with E-state index in [1.807, 2.05) is 0 Å². The first-order valence-corrected chi connectivity index (χ1v) is 28.8. The van der Waals surface area contributed by atoms with E-state index in [2.05, 4.69) is 111 Å². The smallest absolute Gasteiger partial charge is 0.306 e. The number of hydrogen-bond acceptors (Lipinski definition) is 15. The molecule has 2 heterocycles. The van der Waals surface area contributed by atoms with Gasteiger partial charge in [-0.25, -0.2) is 0 Å². The van der Waals surface area contributed by atoms with Gasteiger partial charge < -0.3 is 64.2 Å². The Bertz CT molecular complexity index is 1690. The van der Waals surface area contributed by atoms with Gasteiger partial charge in [0.25, 0.3) is 0 Å². The van der Waals surface area contributed by atoms with Gasteiger partial charge >= 0.3 is 11.9 Å². The molecule has 7 N–H and O–H groups in total. The van der Waals surface area contributed by atoms with Crippen LogP contribution < -0.4 is 0 Å². The number of ether oxygens (including phenoxy) is 6. The molecule has 0 aromatic rings. The van der Waals surface area contributed by atoms with E-state index in [0.717, 1.165) is 109 Å². The van der Waals surface area contributed by atoms with Gasteiger partial charge in [0.15, 0.2) is 18.7 Å². The van der Waals surface area contributed by atoms with Gasteiger partial charge in [0.2, 0.25) is 0 Å². The van der Waals surface area contributed by atoms with Crippen molar-refractivity contribution in [2.24, 2.45) is 0 Å². The Balaban J connectivity index is 1.76. The predicted molar refractivity (Wildman–Crippen MR) is 298 cm³/mol. The van der Waals surface area contributed by atoms with Crippen LogP contribution in [0.25, 0.3) is 0 Å². The quantitative estimate of drug-likeness (QED) is 0.0171. The number of esters is 2. The summed E-state index contributed by atoms with van der Waals surface area (Å²) in [6, 6.07) is 0. The maximum Gasteiger partial charge on any atom is 0.306 e. The first kappa shape index (κ1) is 68.5. The lowest BCUT2D eigenvalue weighted by molar-refractivity contribution is -0.332. The second-order valence-electron chi connectivity index (χ2n) is 19.7. The van der Waals surface area contributed by atoms with Crippen molar-refractivity contribution < 1.29 is 73.8 Å². The number of carbonyl (C=O) groups excluding carboxylic acids is 2. The molecule has 0 spiro atoms. The molecule has 11 unspecified atom stereocenters. The van der Waals surface area contributed by atoms with Crippen LogP contribution in [0.1, 0.15) is 181 Å². The van der Waals surface area contributed by atoms with Crippen LogP contribution in [0.15, 0.2) is 97.2 Å². The third-order valence-corrected chi connectivity index (χ3v) is 13.1. The zero-order chi connectivity index (χ0) is 55.3. The highest BCUT2D eigenvalue weighted by Gasteiger charge is 2.47. The third-order valence-electron chi connectivity index (χ3n) is 13.1. The maximum absolute atomic E-state index is 13.1. The molecule has 76 heavy (non-hydrogen) atoms. The van der Waals surface area contributed by atoms with E-state index in [9.17, 15) is 45.3 Å². The molecular weight excluding hydrogens is 973 g/mol. The monoisotopic (exact) mass is 1070 g/mol. The standard InChI is InChI=1S/C61H100O15/c1-3-5-7-9-11-13-15-17-19-21-22-23-24-25-26-28-30-32-34-36-38-40-42-44-53(64)74-49(46-71-52(63)43-41-39-37-35-33-31-29-27-20-18-16-14-12-10-8-6-4-2)47-72-60-59(70)57(68)55(66)51(76-60)48-73-61-58(69)56(67)54(65)50(45-62)75-61/h5-8,11-14,17-20,22-23,29,31,49-51,54-62,65-70H,3-4,9-10,15-16,21,24-28,30,32-48H2,1-2H3/b7-5-,8-6-,13-11-,14-12-,19-17-,20-18-,23-22-,31-29-. The summed E-state index contributed by atoms with van der Waals surface area (Å²) in [6.45, 7) is 2.33. The third kappa shape index (κ3) is 33.0. The number of aliphatic hydroxyl groups excluding tert-OH is 7. The molecule has 2 saturated heterocycles. The summed E-state index contributed by atoms with van der Waals surface area (Å²) in [6.07, 6.45) is 42.8. The summed E-state index contributed by atoms with van der Waals surface area (Å²) < 4.78 is 33.7. The Labute approximate surface area is 456 Å². The largest absolute Gasteiger partial charge is 0.462 e. The number of carbonyl (C=O) groups is 2. The molecule has 434 valence electrons. The molecule has 2 rings (SSSR count). The minimum absolute atomic E-state index is 0.148. The first-order chi connectivity index (χ1) is 37.0. The molecular formula is C61H100O15. The van der Waals surface area contributed by atoms with Gasteiger partial charge in [-0.15, -0.1) is 0 Å². The van der Waals surface area contributed by atoms with Crippen molar-refractivity contribution in [3.05, 3.63) is 97.2 Å². The van der Waals surface area contributed by atoms with E-state index in [0.29, 0.717) is 12.8 Å². The highest BCUT2D eigenvalue weighted by atomic mass is 16.7. The van der Waals surface area contributed by atoms with Crippen LogP contribution in [0.2, 0.25) is 0 Å². The average molecular weight is 1070 g/mol. The summed E-state index contributed by atoms with van der Waals surface area (Å²) in [5, 5.41) is 72.3. The Hall–Kier alpha value is -3.58. The Kier molecular flexibility index (Phi) is 41.8. The fourth-order valence-electron chi connectivity index (χ4n) is 8.43. The molecule has 0 aliphatic carbocycles. The van der Waals surface area contributed by atoms with Gasteiger partial charge in [-0.2, -0.15) is 0 Å². The molecule has 11 atom stereocenters. The lowest BCUT2D eigenvalue weighted by Crippen LogP contribution is -2.61. The van der Waals surface area contributed by atoms with E-state index in [4.69, 9.17) is 28.4 Å². The van der Waals surface area contributed by atoms with Gasteiger partial charge in [0.05, 0.1) is 19.8 Å². The molecule has 0 bridgehead atoms. The van der Waals surface area contributed by atoms with Crippen molar-refractivity contribution in [3.8, 4) is 0 Å². The summed E-state index contributed by atoms with van der Waals surface area (Å²) in [7, 11) is 0. The summed E-state index contributed by atoms with van der Waals surface area (Å²) >= 11 is 0. The number of unbranched alkanes of at least 4 members (excludes halogenated alkanes) is 14. The van der Waals surface area contributed by atoms with E-state index in [1.165, 1.54) is 32.1 Å². The molecule has 0 saturated carbocycles. The van der Waals surface area contributed by atoms with Crippen molar-refractivity contribution in [3.63, 3.8) is 0 Å². The number of aliphatic hydroxyl groups is 7. The van der Waals surface area contributed by atoms with Crippen LogP contribution in [-0.2, 0) is 38.0 Å². The lowest BCUT2D eigenvalue weighted by Gasteiger charge is -2.42. The van der Waals surface area contributed by atoms with Crippen LogP contribution in [0, 0.1) is 0 Å². The maximum atomic E-state index is 13.1. The van der Waals surface area contributed by atoms with Crippen molar-refractivity contribution >= 4 is 11.9 Å². The molecule has 2 aliphatic heterocycles. The molecule has 15 nitrogen and oxygen atoms in total. The van der Waals surface area contributed by atoms with Gasteiger partial charge in [-0.05, 0) is 89.9 Å². The SMILES string of the molecule is CC/C=C\C/C=C\C/C=C\C/C=C\CCCCCCCCCCCCC(=O)OC(COC(=O)CCCCCC/C=C\C/C=C\C/C=C\C/C=C\CC)COC1OC(COC2OC(CO)C(O)C(O)C2O)C(O)C(O)C1O. The Morgan fingerprint density at radius 1 is 0.421 bits per heavy atom. The number of allylic oxidation sites excluding steroid dienone is 16. The van der Waals surface area contributed by atoms with Gasteiger partial charge in [0, 0.05) is 12.8 Å². The summed E-state index contributed by atoms with van der Waals surface area (Å²) in [5.41, 5.74) is 0. The van der Waals surface area contributed by atoms with Gasteiger partial charge in [0.1, 0.15) is 55.4 Å². The fourth-order valence-corrected chi connectivity index (χ4v) is 8.43. The Morgan fingerprint density at radius 3 is 1.24 bits per heavy atom. The van der Waals surface area contributed by atoms with E-state index < -0.39 is 99.3 Å². The van der Waals surface area contributed by atoms with Crippen molar-refractivity contribution in [2.45, 2.75) is 248 Å². The fraction of sp³-hybridized carbons (Fsp3) is 0.705. The highest BCUT2D eigenvalue weighted by Crippen LogP contribution is 2.26. The second-order valence-corrected chi connectivity index (χ2v) is 19.7. The van der Waals surface area contributed by atoms with Crippen LogP contribution in [-0.4, -0.2) is 142 Å². The van der Waals surface area contributed by atoms with Gasteiger partial charge in [-0.1, -0.05) is 175 Å². The zero-order valence-electron chi connectivity index (χ0n) is 46.2. The van der Waals surface area contributed by atoms with E-state index in [1.54, 1.807) is 0 Å². The summed E-state index contributed by atoms with van der Waals surface area (Å²) in [4.78, 5) is 25.9. The molecule has 0 aromatic heterocycles. The molecule has 2 fully saturated rings. The van der Waals surface area contributed by atoms with E-state index in [-0.39, 0.29) is 19.4 Å². The van der Waals surface area contributed by atoms with Crippen molar-refractivity contribution in [2.75, 3.05) is 26.4 Å². The normalized spacial score (nSPS) is 25.1. The number of rotatable bonds is 44. The molecule has 0 radical (unpaired) electrons. The minimum Gasteiger partial charge on any atom is -0.462 e. The summed E-state index contributed by atoms with van der Waals surface area (Å²) in [5.74, 6) is -0.964. The number of hydrogen-bond donors (Lipinski definition) is 7. The minimum atomic E-state index is -1.78. The van der Waals surface area contributed by atoms with Crippen LogP contribution >= 0.6 is 0 Å². The lowest BCUT2D eigenvalue weighted by atomic mass is 9.98. The Morgan fingerprint density at radius 2 is 0.789 bits per heavy atom.